The molecule has 1 aromatic heterocycles. The van der Waals surface area contributed by atoms with E-state index in [1.54, 1.807) is 0 Å². The van der Waals surface area contributed by atoms with Gasteiger partial charge in [0.1, 0.15) is 5.82 Å². The van der Waals surface area contributed by atoms with Crippen molar-refractivity contribution in [2.45, 2.75) is 0 Å². The van der Waals surface area contributed by atoms with Crippen molar-refractivity contribution in [3.8, 4) is 5.88 Å². The summed E-state index contributed by atoms with van der Waals surface area (Å²) >= 11 is 0. The quantitative estimate of drug-likeness (QED) is 0.600. The van der Waals surface area contributed by atoms with Crippen LogP contribution in [0.2, 0.25) is 0 Å². The van der Waals surface area contributed by atoms with E-state index in [-0.39, 0.29) is 12.4 Å². The van der Waals surface area contributed by atoms with Crippen LogP contribution in [0.5, 0.6) is 5.88 Å². The smallest absolute Gasteiger partial charge is 0.221 e. The molecule has 0 saturated carbocycles. The lowest BCUT2D eigenvalue weighted by atomic mass is 10.2. The highest BCUT2D eigenvalue weighted by Crippen LogP contribution is 2.19. The molecule has 0 saturated heterocycles. The van der Waals surface area contributed by atoms with Gasteiger partial charge in [-0.1, -0.05) is 0 Å². The van der Waals surface area contributed by atoms with E-state index >= 15 is 0 Å². The molecule has 0 fully saturated rings. The molecule has 0 spiro atoms. The zero-order valence-electron chi connectivity index (χ0n) is 6.66. The van der Waals surface area contributed by atoms with E-state index < -0.39 is 5.82 Å². The average molecular weight is 179 g/mol. The first-order valence-corrected chi connectivity index (χ1v) is 3.75. The summed E-state index contributed by atoms with van der Waals surface area (Å²) < 4.78 is 17.7. The van der Waals surface area contributed by atoms with E-state index in [1.165, 1.54) is 18.2 Å². The van der Waals surface area contributed by atoms with Crippen molar-refractivity contribution in [2.75, 3.05) is 6.61 Å². The van der Waals surface area contributed by atoms with Crippen LogP contribution in [-0.4, -0.2) is 17.4 Å². The molecule has 1 aromatic rings. The minimum Gasteiger partial charge on any atom is -0.469 e. The van der Waals surface area contributed by atoms with Crippen LogP contribution in [0.25, 0.3) is 6.08 Å². The summed E-state index contributed by atoms with van der Waals surface area (Å²) in [5, 5.41) is 0. The molecule has 0 radical (unpaired) electrons. The lowest BCUT2D eigenvalue weighted by Crippen LogP contribution is -2.07. The summed E-state index contributed by atoms with van der Waals surface area (Å²) in [7, 11) is 0. The molecule has 0 aliphatic carbocycles. The number of hydrogen-bond donors (Lipinski definition) is 0. The van der Waals surface area contributed by atoms with Gasteiger partial charge in [0.05, 0.1) is 6.20 Å². The van der Waals surface area contributed by atoms with Gasteiger partial charge in [0.15, 0.2) is 12.4 Å². The van der Waals surface area contributed by atoms with E-state index in [2.05, 4.69) is 4.98 Å². The van der Waals surface area contributed by atoms with Gasteiger partial charge >= 0.3 is 0 Å². The molecular formula is C9H6FNO2. The first-order valence-electron chi connectivity index (χ1n) is 3.75. The molecule has 2 heterocycles. The normalized spacial score (nSPS) is 14.7. The van der Waals surface area contributed by atoms with E-state index in [0.29, 0.717) is 11.4 Å². The third-order valence-electron chi connectivity index (χ3n) is 1.65. The lowest BCUT2D eigenvalue weighted by Gasteiger charge is -2.02. The SMILES string of the molecule is O=C1C=Cc2cc(F)cnc2OC1. The first-order chi connectivity index (χ1) is 6.25. The molecule has 0 atom stereocenters. The van der Waals surface area contributed by atoms with Crippen LogP contribution < -0.4 is 4.74 Å². The fraction of sp³-hybridized carbons (Fsp3) is 0.111. The number of nitrogens with zero attached hydrogens (tertiary/aromatic N) is 1. The van der Waals surface area contributed by atoms with Crippen molar-refractivity contribution < 1.29 is 13.9 Å². The number of carbonyl (C=O) groups is 1. The highest BCUT2D eigenvalue weighted by atomic mass is 19.1. The van der Waals surface area contributed by atoms with Gasteiger partial charge < -0.3 is 4.74 Å². The molecule has 0 aromatic carbocycles. The van der Waals surface area contributed by atoms with Crippen molar-refractivity contribution in [1.29, 1.82) is 0 Å². The summed E-state index contributed by atoms with van der Waals surface area (Å²) in [5.74, 6) is -0.303. The Morgan fingerprint density at radius 1 is 1.46 bits per heavy atom. The van der Waals surface area contributed by atoms with Crippen molar-refractivity contribution >= 4 is 11.9 Å². The molecule has 0 bridgehead atoms. The van der Waals surface area contributed by atoms with E-state index in [9.17, 15) is 9.18 Å². The fourth-order valence-corrected chi connectivity index (χ4v) is 1.05. The van der Waals surface area contributed by atoms with Crippen LogP contribution in [-0.2, 0) is 4.79 Å². The van der Waals surface area contributed by atoms with E-state index in [0.717, 1.165) is 6.20 Å². The summed E-state index contributed by atoms with van der Waals surface area (Å²) in [4.78, 5) is 14.6. The molecule has 13 heavy (non-hydrogen) atoms. The number of ketones is 1. The first kappa shape index (κ1) is 7.91. The Labute approximate surface area is 73.9 Å². The maximum Gasteiger partial charge on any atom is 0.221 e. The zero-order chi connectivity index (χ0) is 9.26. The van der Waals surface area contributed by atoms with Crippen molar-refractivity contribution in [2.24, 2.45) is 0 Å². The van der Waals surface area contributed by atoms with Crippen LogP contribution in [0.4, 0.5) is 4.39 Å². The summed E-state index contributed by atoms with van der Waals surface area (Å²) in [6, 6.07) is 1.28. The minimum atomic E-state index is -0.443. The molecule has 1 aliphatic heterocycles. The van der Waals surface area contributed by atoms with Crippen molar-refractivity contribution in [3.63, 3.8) is 0 Å². The fourth-order valence-electron chi connectivity index (χ4n) is 1.05. The van der Waals surface area contributed by atoms with Crippen LogP contribution in [0.3, 0.4) is 0 Å². The predicted octanol–water partition coefficient (Wildman–Crippen LogP) is 1.20. The summed E-state index contributed by atoms with van der Waals surface area (Å²) in [6.45, 7) is -0.0396. The Hall–Kier alpha value is -1.71. The number of fused-ring (bicyclic) bond motifs is 1. The topological polar surface area (TPSA) is 39.2 Å². The van der Waals surface area contributed by atoms with Gasteiger partial charge in [-0.15, -0.1) is 0 Å². The number of halogens is 1. The van der Waals surface area contributed by atoms with Crippen molar-refractivity contribution in [1.82, 2.24) is 4.98 Å². The Morgan fingerprint density at radius 2 is 2.31 bits per heavy atom. The summed E-state index contributed by atoms with van der Waals surface area (Å²) in [5.41, 5.74) is 0.492. The van der Waals surface area contributed by atoms with Gasteiger partial charge in [-0.05, 0) is 18.2 Å². The van der Waals surface area contributed by atoms with Gasteiger partial charge in [-0.3, -0.25) is 4.79 Å². The third kappa shape index (κ3) is 1.56. The molecule has 66 valence electrons. The van der Waals surface area contributed by atoms with Gasteiger partial charge in [-0.25, -0.2) is 9.37 Å². The third-order valence-corrected chi connectivity index (χ3v) is 1.65. The highest BCUT2D eigenvalue weighted by molar-refractivity contribution is 5.95. The minimum absolute atomic E-state index is 0.0396. The molecular weight excluding hydrogens is 173 g/mol. The van der Waals surface area contributed by atoms with Gasteiger partial charge in [0.25, 0.3) is 0 Å². The van der Waals surface area contributed by atoms with Crippen molar-refractivity contribution in [3.05, 3.63) is 29.7 Å². The van der Waals surface area contributed by atoms with Crippen LogP contribution in [0, 0.1) is 5.82 Å². The largest absolute Gasteiger partial charge is 0.469 e. The van der Waals surface area contributed by atoms with Crippen LogP contribution >= 0.6 is 0 Å². The molecule has 4 heteroatoms. The zero-order valence-corrected chi connectivity index (χ0v) is 6.66. The van der Waals surface area contributed by atoms with Gasteiger partial charge in [0.2, 0.25) is 5.88 Å². The number of aromatic nitrogens is 1. The van der Waals surface area contributed by atoms with E-state index in [1.807, 2.05) is 0 Å². The number of carbonyl (C=O) groups excluding carboxylic acids is 1. The predicted molar refractivity (Wildman–Crippen MR) is 43.7 cm³/mol. The molecule has 0 amide bonds. The maximum atomic E-state index is 12.7. The standard InChI is InChI=1S/C9H6FNO2/c10-7-3-6-1-2-8(12)5-13-9(6)11-4-7/h1-4H,5H2. The molecule has 3 nitrogen and oxygen atoms in total. The van der Waals surface area contributed by atoms with Gasteiger partial charge in [0, 0.05) is 5.56 Å². The monoisotopic (exact) mass is 179 g/mol. The Balaban J connectivity index is 2.47. The second kappa shape index (κ2) is 2.97. The number of ether oxygens (including phenoxy) is 1. The molecule has 0 N–H and O–H groups in total. The average Bonchev–Trinajstić information content (AvgIpc) is 2.29. The number of pyridine rings is 1. The van der Waals surface area contributed by atoms with Crippen LogP contribution in [0.1, 0.15) is 5.56 Å². The summed E-state index contributed by atoms with van der Waals surface area (Å²) in [6.07, 6.45) is 3.91. The number of hydrogen-bond acceptors (Lipinski definition) is 3. The van der Waals surface area contributed by atoms with Gasteiger partial charge in [-0.2, -0.15) is 0 Å². The second-order valence-corrected chi connectivity index (χ2v) is 2.64. The lowest BCUT2D eigenvalue weighted by molar-refractivity contribution is -0.116. The molecule has 1 aliphatic rings. The highest BCUT2D eigenvalue weighted by Gasteiger charge is 2.10. The Kier molecular flexibility index (Phi) is 1.81. The van der Waals surface area contributed by atoms with Crippen LogP contribution in [0.15, 0.2) is 18.3 Å². The maximum absolute atomic E-state index is 12.7. The Morgan fingerprint density at radius 3 is 3.15 bits per heavy atom. The van der Waals surface area contributed by atoms with E-state index in [4.69, 9.17) is 4.74 Å². The molecule has 0 unspecified atom stereocenters. The number of rotatable bonds is 0. The second-order valence-electron chi connectivity index (χ2n) is 2.64. The Bertz CT molecular complexity index is 387. The molecule has 2 rings (SSSR count).